The molecule has 1 aromatic rings. The third kappa shape index (κ3) is 4.05. The van der Waals surface area contributed by atoms with Crippen LogP contribution in [-0.4, -0.2) is 19.9 Å². The predicted molar refractivity (Wildman–Crippen MR) is 53.6 cm³/mol. The van der Waals surface area contributed by atoms with Gasteiger partial charge in [0.2, 0.25) is 0 Å². The SMILES string of the molecule is CNC(=O)c1ccc([B-](F)(F)F)c(Cl)c1.[K+]. The largest absolute Gasteiger partial charge is 1.00 e. The second kappa shape index (κ2) is 6.42. The molecule has 1 amide bonds. The first-order valence-corrected chi connectivity index (χ1v) is 4.45. The zero-order chi connectivity index (χ0) is 11.6. The number of nitrogens with one attached hydrogen (secondary N) is 1. The van der Waals surface area contributed by atoms with Gasteiger partial charge in [-0.05, 0) is 6.07 Å². The van der Waals surface area contributed by atoms with Gasteiger partial charge in [0.15, 0.2) is 0 Å². The summed E-state index contributed by atoms with van der Waals surface area (Å²) in [6.07, 6.45) is 0. The monoisotopic (exact) mass is 275 g/mol. The standard InChI is InChI=1S/C8H7BClF3NO.K/c1-14-8(15)5-2-3-6(7(10)4-5)9(11,12)13;/h2-4H,1H3,(H,14,15);/q-1;+1. The molecular formula is C8H7BClF3KNO. The average molecular weight is 276 g/mol. The maximum atomic E-state index is 12.3. The first-order valence-electron chi connectivity index (χ1n) is 4.07. The van der Waals surface area contributed by atoms with Gasteiger partial charge in [-0.2, -0.15) is 0 Å². The third-order valence-electron chi connectivity index (χ3n) is 1.84. The van der Waals surface area contributed by atoms with Crippen molar-refractivity contribution in [3.8, 4) is 0 Å². The van der Waals surface area contributed by atoms with Crippen molar-refractivity contribution in [2.24, 2.45) is 0 Å². The summed E-state index contributed by atoms with van der Waals surface area (Å²) < 4.78 is 37.0. The number of amides is 1. The topological polar surface area (TPSA) is 29.1 Å². The second-order valence-electron chi connectivity index (χ2n) is 2.89. The molecule has 0 saturated heterocycles. The zero-order valence-corrected chi connectivity index (χ0v) is 12.6. The van der Waals surface area contributed by atoms with Crippen molar-refractivity contribution in [1.82, 2.24) is 5.32 Å². The van der Waals surface area contributed by atoms with Crippen LogP contribution in [0, 0.1) is 0 Å². The van der Waals surface area contributed by atoms with Crippen LogP contribution < -0.4 is 62.2 Å². The summed E-state index contributed by atoms with van der Waals surface area (Å²) in [6, 6.07) is 2.91. The summed E-state index contributed by atoms with van der Waals surface area (Å²) in [5.74, 6) is -0.474. The van der Waals surface area contributed by atoms with Gasteiger partial charge in [0.25, 0.3) is 5.91 Å². The van der Waals surface area contributed by atoms with Crippen LogP contribution in [0.4, 0.5) is 12.9 Å². The Bertz CT molecular complexity index is 399. The Labute approximate surface area is 138 Å². The number of benzene rings is 1. The third-order valence-corrected chi connectivity index (χ3v) is 2.17. The summed E-state index contributed by atoms with van der Waals surface area (Å²) in [6.45, 7) is -5.14. The Morgan fingerprint density at radius 1 is 1.38 bits per heavy atom. The molecular weight excluding hydrogens is 268 g/mol. The molecule has 8 heteroatoms. The molecule has 0 aliphatic rings. The number of hydrogen-bond donors (Lipinski definition) is 1. The second-order valence-corrected chi connectivity index (χ2v) is 3.30. The molecule has 0 saturated carbocycles. The van der Waals surface area contributed by atoms with Crippen LogP contribution in [0.3, 0.4) is 0 Å². The van der Waals surface area contributed by atoms with Crippen LogP contribution in [-0.2, 0) is 0 Å². The molecule has 0 atom stereocenters. The van der Waals surface area contributed by atoms with E-state index in [1.165, 1.54) is 7.05 Å². The summed E-state index contributed by atoms with van der Waals surface area (Å²) >= 11 is 5.43. The van der Waals surface area contributed by atoms with E-state index in [-0.39, 0.29) is 56.9 Å². The van der Waals surface area contributed by atoms with E-state index in [1.807, 2.05) is 0 Å². The minimum Gasteiger partial charge on any atom is -0.445 e. The van der Waals surface area contributed by atoms with Crippen LogP contribution >= 0.6 is 11.6 Å². The summed E-state index contributed by atoms with van der Waals surface area (Å²) in [5.41, 5.74) is -0.782. The minimum atomic E-state index is -5.14. The smallest absolute Gasteiger partial charge is 0.445 e. The van der Waals surface area contributed by atoms with Gasteiger partial charge in [0.1, 0.15) is 0 Å². The van der Waals surface area contributed by atoms with Gasteiger partial charge in [0, 0.05) is 17.6 Å². The van der Waals surface area contributed by atoms with Crippen molar-refractivity contribution in [3.05, 3.63) is 28.8 Å². The van der Waals surface area contributed by atoms with Crippen molar-refractivity contribution in [2.45, 2.75) is 0 Å². The van der Waals surface area contributed by atoms with Gasteiger partial charge in [-0.1, -0.05) is 29.2 Å². The molecule has 0 unspecified atom stereocenters. The average Bonchev–Trinajstić information content (AvgIpc) is 2.14. The first kappa shape index (κ1) is 16.5. The molecule has 16 heavy (non-hydrogen) atoms. The summed E-state index contributed by atoms with van der Waals surface area (Å²) in [4.78, 5) is 11.1. The maximum Gasteiger partial charge on any atom is 1.00 e. The number of hydrogen-bond acceptors (Lipinski definition) is 1. The van der Waals surface area contributed by atoms with Gasteiger partial charge in [-0.3, -0.25) is 4.79 Å². The molecule has 1 aromatic carbocycles. The molecule has 0 fully saturated rings. The minimum absolute atomic E-state index is 0. The van der Waals surface area contributed by atoms with E-state index in [0.717, 1.165) is 18.2 Å². The van der Waals surface area contributed by atoms with Crippen molar-refractivity contribution in [3.63, 3.8) is 0 Å². The fraction of sp³-hybridized carbons (Fsp3) is 0.125. The molecule has 0 heterocycles. The molecule has 0 radical (unpaired) electrons. The Hall–Kier alpha value is 0.471. The van der Waals surface area contributed by atoms with Crippen LogP contribution in [0.15, 0.2) is 18.2 Å². The maximum absolute atomic E-state index is 12.3. The molecule has 2 nitrogen and oxygen atoms in total. The van der Waals surface area contributed by atoms with Crippen molar-refractivity contribution in [2.75, 3.05) is 7.05 Å². The Morgan fingerprint density at radius 2 is 1.94 bits per heavy atom. The van der Waals surface area contributed by atoms with E-state index >= 15 is 0 Å². The van der Waals surface area contributed by atoms with E-state index in [0.29, 0.717) is 0 Å². The number of rotatable bonds is 2. The summed E-state index contributed by atoms with van der Waals surface area (Å²) in [7, 11) is 1.39. The molecule has 0 aliphatic carbocycles. The van der Waals surface area contributed by atoms with Gasteiger partial charge < -0.3 is 18.3 Å². The Morgan fingerprint density at radius 3 is 2.31 bits per heavy atom. The van der Waals surface area contributed by atoms with Gasteiger partial charge in [0.05, 0.1) is 0 Å². The predicted octanol–water partition coefficient (Wildman–Crippen LogP) is -1.24. The van der Waals surface area contributed by atoms with Crippen LogP contribution in [0.5, 0.6) is 0 Å². The Balaban J connectivity index is 0.00000225. The van der Waals surface area contributed by atoms with E-state index in [9.17, 15) is 17.7 Å². The van der Waals surface area contributed by atoms with Crippen molar-refractivity contribution < 1.29 is 69.1 Å². The fourth-order valence-electron chi connectivity index (χ4n) is 1.08. The van der Waals surface area contributed by atoms with E-state index in [1.54, 1.807) is 0 Å². The Kier molecular flexibility index (Phi) is 6.61. The molecule has 0 aromatic heterocycles. The normalized spacial score (nSPS) is 10.6. The van der Waals surface area contributed by atoms with Crippen LogP contribution in [0.25, 0.3) is 0 Å². The van der Waals surface area contributed by atoms with Crippen LogP contribution in [0.2, 0.25) is 5.02 Å². The van der Waals surface area contributed by atoms with Crippen molar-refractivity contribution >= 4 is 29.9 Å². The number of carbonyl (C=O) groups excluding carboxylic acids is 1. The molecule has 0 spiro atoms. The zero-order valence-electron chi connectivity index (χ0n) is 8.73. The van der Waals surface area contributed by atoms with Gasteiger partial charge >= 0.3 is 58.4 Å². The molecule has 82 valence electrons. The first-order chi connectivity index (χ1) is 6.86. The van der Waals surface area contributed by atoms with Crippen LogP contribution in [0.1, 0.15) is 10.4 Å². The van der Waals surface area contributed by atoms with Gasteiger partial charge in [-0.25, -0.2) is 0 Å². The molecule has 0 aliphatic heterocycles. The van der Waals surface area contributed by atoms with E-state index in [4.69, 9.17) is 11.6 Å². The molecule has 0 bridgehead atoms. The number of halogens is 4. The fourth-order valence-corrected chi connectivity index (χ4v) is 1.38. The van der Waals surface area contributed by atoms with E-state index < -0.39 is 23.4 Å². The summed E-state index contributed by atoms with van der Waals surface area (Å²) in [5, 5.41) is 1.84. The van der Waals surface area contributed by atoms with E-state index in [2.05, 4.69) is 5.32 Å². The molecule has 1 N–H and O–H groups in total. The number of carbonyl (C=O) groups is 1. The van der Waals surface area contributed by atoms with Crippen molar-refractivity contribution in [1.29, 1.82) is 0 Å². The van der Waals surface area contributed by atoms with Gasteiger partial charge in [-0.15, -0.1) is 0 Å². The molecule has 1 rings (SSSR count). The quantitative estimate of drug-likeness (QED) is 0.672.